The number of hydrogen-bond donors (Lipinski definition) is 1. The fourth-order valence-electron chi connectivity index (χ4n) is 2.99. The lowest BCUT2D eigenvalue weighted by Crippen LogP contribution is -2.27. The van der Waals surface area contributed by atoms with E-state index in [4.69, 9.17) is 0 Å². The molecule has 0 saturated heterocycles. The van der Waals surface area contributed by atoms with Crippen molar-refractivity contribution in [2.45, 2.75) is 19.3 Å². The maximum absolute atomic E-state index is 4.29. The standard InChI is InChI=1S/C13H18N2S/c1-2-11-7-10(1)8-12(11)9-14-4-3-13-15-5-6-16-13/h1-2,5-6,10-12,14H,3-4,7-9H2. The topological polar surface area (TPSA) is 24.9 Å². The summed E-state index contributed by atoms with van der Waals surface area (Å²) < 4.78 is 0. The first kappa shape index (κ1) is 10.5. The van der Waals surface area contributed by atoms with Crippen molar-refractivity contribution in [3.05, 3.63) is 28.7 Å². The van der Waals surface area contributed by atoms with Crippen LogP contribution in [0.3, 0.4) is 0 Å². The van der Waals surface area contributed by atoms with Gasteiger partial charge >= 0.3 is 0 Å². The molecular formula is C13H18N2S. The number of nitrogens with zero attached hydrogens (tertiary/aromatic N) is 1. The van der Waals surface area contributed by atoms with Crippen molar-refractivity contribution in [3.8, 4) is 0 Å². The van der Waals surface area contributed by atoms with Crippen LogP contribution in [-0.4, -0.2) is 18.1 Å². The minimum Gasteiger partial charge on any atom is -0.316 e. The van der Waals surface area contributed by atoms with E-state index in [0.29, 0.717) is 0 Å². The molecule has 2 bridgehead atoms. The number of fused-ring (bicyclic) bond motifs is 2. The van der Waals surface area contributed by atoms with Gasteiger partial charge in [0.1, 0.15) is 0 Å². The summed E-state index contributed by atoms with van der Waals surface area (Å²) in [6.07, 6.45) is 10.6. The summed E-state index contributed by atoms with van der Waals surface area (Å²) >= 11 is 1.76. The van der Waals surface area contributed by atoms with Crippen LogP contribution < -0.4 is 5.32 Å². The van der Waals surface area contributed by atoms with Crippen molar-refractivity contribution >= 4 is 11.3 Å². The summed E-state index contributed by atoms with van der Waals surface area (Å²) in [5, 5.41) is 6.89. The molecule has 0 aliphatic heterocycles. The quantitative estimate of drug-likeness (QED) is 0.625. The lowest BCUT2D eigenvalue weighted by molar-refractivity contribution is 0.416. The molecule has 2 aliphatic carbocycles. The second kappa shape index (κ2) is 4.68. The van der Waals surface area contributed by atoms with E-state index >= 15 is 0 Å². The van der Waals surface area contributed by atoms with E-state index in [1.54, 1.807) is 11.3 Å². The summed E-state index contributed by atoms with van der Waals surface area (Å²) in [7, 11) is 0. The Labute approximate surface area is 101 Å². The van der Waals surface area contributed by atoms with E-state index in [1.807, 2.05) is 6.20 Å². The lowest BCUT2D eigenvalue weighted by atomic mass is 9.94. The molecule has 3 heteroatoms. The highest BCUT2D eigenvalue weighted by Gasteiger charge is 2.34. The number of nitrogens with one attached hydrogen (secondary N) is 1. The zero-order valence-corrected chi connectivity index (χ0v) is 10.2. The molecule has 0 amide bonds. The van der Waals surface area contributed by atoms with Crippen LogP contribution in [0.5, 0.6) is 0 Å². The zero-order chi connectivity index (χ0) is 10.8. The Balaban J connectivity index is 1.37. The van der Waals surface area contributed by atoms with Crippen LogP contribution in [0.2, 0.25) is 0 Å². The van der Waals surface area contributed by atoms with Crippen molar-refractivity contribution in [3.63, 3.8) is 0 Å². The molecule has 3 unspecified atom stereocenters. The molecule has 0 spiro atoms. The predicted octanol–water partition coefficient (Wildman–Crippen LogP) is 2.49. The van der Waals surface area contributed by atoms with Crippen molar-refractivity contribution < 1.29 is 0 Å². The molecule has 1 aromatic rings. The summed E-state index contributed by atoms with van der Waals surface area (Å²) in [5.74, 6) is 2.67. The minimum absolute atomic E-state index is 0.873. The van der Waals surface area contributed by atoms with Gasteiger partial charge in [-0.25, -0.2) is 4.98 Å². The first-order valence-electron chi connectivity index (χ1n) is 6.19. The number of aromatic nitrogens is 1. The Kier molecular flexibility index (Phi) is 3.06. The molecule has 3 atom stereocenters. The van der Waals surface area contributed by atoms with Crippen molar-refractivity contribution in [2.75, 3.05) is 13.1 Å². The van der Waals surface area contributed by atoms with Gasteiger partial charge in [0, 0.05) is 24.5 Å². The minimum atomic E-state index is 0.873. The molecule has 86 valence electrons. The normalized spacial score (nSPS) is 31.4. The monoisotopic (exact) mass is 234 g/mol. The van der Waals surface area contributed by atoms with Gasteiger partial charge in [0.05, 0.1) is 5.01 Å². The van der Waals surface area contributed by atoms with Crippen LogP contribution in [0.4, 0.5) is 0 Å². The second-order valence-electron chi connectivity index (χ2n) is 4.92. The molecule has 0 radical (unpaired) electrons. The Bertz CT molecular complexity index is 358. The van der Waals surface area contributed by atoms with Gasteiger partial charge in [-0.3, -0.25) is 0 Å². The van der Waals surface area contributed by atoms with Gasteiger partial charge in [0.2, 0.25) is 0 Å². The van der Waals surface area contributed by atoms with E-state index in [1.165, 1.54) is 24.4 Å². The lowest BCUT2D eigenvalue weighted by Gasteiger charge is -2.18. The van der Waals surface area contributed by atoms with Crippen LogP contribution in [0.1, 0.15) is 17.8 Å². The van der Waals surface area contributed by atoms with Crippen LogP contribution in [0.15, 0.2) is 23.7 Å². The van der Waals surface area contributed by atoms with E-state index in [-0.39, 0.29) is 0 Å². The molecule has 1 heterocycles. The van der Waals surface area contributed by atoms with Crippen LogP contribution in [-0.2, 0) is 6.42 Å². The third-order valence-corrected chi connectivity index (χ3v) is 4.66. The molecule has 2 aliphatic rings. The largest absolute Gasteiger partial charge is 0.316 e. The van der Waals surface area contributed by atoms with Crippen LogP contribution >= 0.6 is 11.3 Å². The highest BCUT2D eigenvalue weighted by Crippen LogP contribution is 2.42. The highest BCUT2D eigenvalue weighted by atomic mass is 32.1. The highest BCUT2D eigenvalue weighted by molar-refractivity contribution is 7.09. The van der Waals surface area contributed by atoms with Crippen molar-refractivity contribution in [1.82, 2.24) is 10.3 Å². The average molecular weight is 234 g/mol. The van der Waals surface area contributed by atoms with E-state index < -0.39 is 0 Å². The Hall–Kier alpha value is -0.670. The molecule has 2 nitrogen and oxygen atoms in total. The van der Waals surface area contributed by atoms with Crippen molar-refractivity contribution in [2.24, 2.45) is 17.8 Å². The van der Waals surface area contributed by atoms with Gasteiger partial charge in [0.15, 0.2) is 0 Å². The molecular weight excluding hydrogens is 216 g/mol. The van der Waals surface area contributed by atoms with Gasteiger partial charge in [0.25, 0.3) is 0 Å². The van der Waals surface area contributed by atoms with Crippen LogP contribution in [0.25, 0.3) is 0 Å². The van der Waals surface area contributed by atoms with Gasteiger partial charge in [-0.15, -0.1) is 11.3 Å². The summed E-state index contributed by atoms with van der Waals surface area (Å²) in [4.78, 5) is 4.29. The SMILES string of the molecule is C1=CC2CC1CC2CNCCc1nccs1. The number of allylic oxidation sites excluding steroid dienone is 2. The summed E-state index contributed by atoms with van der Waals surface area (Å²) in [6.45, 7) is 2.27. The Morgan fingerprint density at radius 2 is 2.38 bits per heavy atom. The van der Waals surface area contributed by atoms with Crippen molar-refractivity contribution in [1.29, 1.82) is 0 Å². The first-order valence-corrected chi connectivity index (χ1v) is 7.07. The van der Waals surface area contributed by atoms with E-state index in [2.05, 4.69) is 27.8 Å². The zero-order valence-electron chi connectivity index (χ0n) is 9.43. The van der Waals surface area contributed by atoms with Gasteiger partial charge in [-0.05, 0) is 37.1 Å². The fourth-order valence-corrected chi connectivity index (χ4v) is 3.61. The maximum Gasteiger partial charge on any atom is 0.0937 e. The molecule has 16 heavy (non-hydrogen) atoms. The number of hydrogen-bond acceptors (Lipinski definition) is 3. The van der Waals surface area contributed by atoms with Gasteiger partial charge < -0.3 is 5.32 Å². The smallest absolute Gasteiger partial charge is 0.0937 e. The number of rotatable bonds is 5. The Morgan fingerprint density at radius 3 is 3.06 bits per heavy atom. The van der Waals surface area contributed by atoms with Crippen LogP contribution in [0, 0.1) is 17.8 Å². The molecule has 1 saturated carbocycles. The number of thiazole rings is 1. The predicted molar refractivity (Wildman–Crippen MR) is 67.5 cm³/mol. The third-order valence-electron chi connectivity index (χ3n) is 3.82. The van der Waals surface area contributed by atoms with Gasteiger partial charge in [-0.1, -0.05) is 12.2 Å². The summed E-state index contributed by atoms with van der Waals surface area (Å²) in [6, 6.07) is 0. The average Bonchev–Trinajstić information content (AvgIpc) is 3.01. The Morgan fingerprint density at radius 1 is 1.38 bits per heavy atom. The van der Waals surface area contributed by atoms with E-state index in [9.17, 15) is 0 Å². The summed E-state index contributed by atoms with van der Waals surface area (Å²) in [5.41, 5.74) is 0. The first-order chi connectivity index (χ1) is 7.92. The molecule has 1 N–H and O–H groups in total. The maximum atomic E-state index is 4.29. The molecule has 1 aromatic heterocycles. The third kappa shape index (κ3) is 2.20. The van der Waals surface area contributed by atoms with E-state index in [0.717, 1.165) is 30.7 Å². The van der Waals surface area contributed by atoms with Gasteiger partial charge in [-0.2, -0.15) is 0 Å². The second-order valence-corrected chi connectivity index (χ2v) is 5.90. The molecule has 3 rings (SSSR count). The fraction of sp³-hybridized carbons (Fsp3) is 0.615. The molecule has 1 fully saturated rings. The molecule has 0 aromatic carbocycles.